The highest BCUT2D eigenvalue weighted by molar-refractivity contribution is 6.64. The van der Waals surface area contributed by atoms with Crippen LogP contribution >= 0.6 is 23.2 Å². The molecule has 1 fully saturated rings. The van der Waals surface area contributed by atoms with Crippen molar-refractivity contribution in [3.05, 3.63) is 35.9 Å². The molecule has 7 heteroatoms. The number of carbonyl (C=O) groups excluding carboxylic acids is 1. The summed E-state index contributed by atoms with van der Waals surface area (Å²) in [7, 11) is 0. The summed E-state index contributed by atoms with van der Waals surface area (Å²) >= 11 is 11.7. The van der Waals surface area contributed by atoms with Gasteiger partial charge in [0, 0.05) is 11.0 Å². The third-order valence-electron chi connectivity index (χ3n) is 3.84. The Morgan fingerprint density at radius 2 is 1.77 bits per heavy atom. The van der Waals surface area contributed by atoms with E-state index in [9.17, 15) is 18.0 Å². The fourth-order valence-electron chi connectivity index (χ4n) is 2.49. The molecule has 0 N–H and O–H groups in total. The average Bonchev–Trinajstić information content (AvgIpc) is 2.89. The molecule has 0 saturated heterocycles. The van der Waals surface area contributed by atoms with E-state index in [1.165, 1.54) is 24.3 Å². The molecular formula is C15H13Cl2F3O2. The molecule has 0 amide bonds. The van der Waals surface area contributed by atoms with Crippen LogP contribution in [0, 0.1) is 17.3 Å². The van der Waals surface area contributed by atoms with Crippen molar-refractivity contribution in [2.45, 2.75) is 20.2 Å². The van der Waals surface area contributed by atoms with Gasteiger partial charge in [-0.25, -0.2) is 0 Å². The Kier molecular flexibility index (Phi) is 4.51. The Morgan fingerprint density at radius 1 is 1.23 bits per heavy atom. The monoisotopic (exact) mass is 352 g/mol. The maximum Gasteiger partial charge on any atom is 0.573 e. The lowest BCUT2D eigenvalue weighted by Crippen LogP contribution is -2.16. The van der Waals surface area contributed by atoms with Crippen molar-refractivity contribution >= 4 is 33.5 Å². The molecule has 0 aliphatic heterocycles. The van der Waals surface area contributed by atoms with Crippen LogP contribution in [-0.2, 0) is 4.79 Å². The van der Waals surface area contributed by atoms with Crippen LogP contribution in [0.25, 0.3) is 5.03 Å². The standard InChI is InChI=1S/C15H13Cl2F3O2/c1-14(2)10(12(14)13(17)21)7-11(16)8-3-5-9(6-4-8)22-15(18,19)20/h3-7,10,12H,1-2H3. The van der Waals surface area contributed by atoms with Crippen molar-refractivity contribution < 1.29 is 22.7 Å². The van der Waals surface area contributed by atoms with E-state index in [0.717, 1.165) is 0 Å². The molecule has 120 valence electrons. The van der Waals surface area contributed by atoms with Gasteiger partial charge in [0.1, 0.15) is 5.75 Å². The lowest BCUT2D eigenvalue weighted by atomic mass is 10.1. The van der Waals surface area contributed by atoms with E-state index in [0.29, 0.717) is 10.6 Å². The summed E-state index contributed by atoms with van der Waals surface area (Å²) in [6, 6.07) is 5.21. The predicted molar refractivity (Wildman–Crippen MR) is 78.6 cm³/mol. The second kappa shape index (κ2) is 5.78. The zero-order chi connectivity index (χ0) is 16.7. The molecule has 0 radical (unpaired) electrons. The third-order valence-corrected chi connectivity index (χ3v) is 4.42. The van der Waals surface area contributed by atoms with Gasteiger partial charge < -0.3 is 4.74 Å². The zero-order valence-electron chi connectivity index (χ0n) is 11.7. The number of carbonyl (C=O) groups is 1. The third kappa shape index (κ3) is 3.76. The summed E-state index contributed by atoms with van der Waals surface area (Å²) in [4.78, 5) is 11.3. The van der Waals surface area contributed by atoms with Gasteiger partial charge in [0.05, 0.1) is 0 Å². The van der Waals surface area contributed by atoms with Crippen LogP contribution < -0.4 is 4.74 Å². The molecule has 1 aliphatic carbocycles. The van der Waals surface area contributed by atoms with Gasteiger partial charge in [0.2, 0.25) is 5.24 Å². The molecule has 1 aromatic carbocycles. The number of halogens is 5. The molecule has 2 nitrogen and oxygen atoms in total. The first-order valence-electron chi connectivity index (χ1n) is 6.45. The molecule has 1 aromatic rings. The Morgan fingerprint density at radius 3 is 2.18 bits per heavy atom. The first kappa shape index (κ1) is 17.2. The quantitative estimate of drug-likeness (QED) is 0.696. The molecule has 2 unspecified atom stereocenters. The summed E-state index contributed by atoms with van der Waals surface area (Å²) in [6.45, 7) is 3.81. The SMILES string of the molecule is CC1(C)C(C=C(Cl)c2ccc(OC(F)(F)F)cc2)C1C(=O)Cl. The number of rotatable bonds is 4. The minimum Gasteiger partial charge on any atom is -0.406 e. The summed E-state index contributed by atoms with van der Waals surface area (Å²) in [6.07, 6.45) is -3.01. The number of alkyl halides is 3. The van der Waals surface area contributed by atoms with E-state index in [2.05, 4.69) is 4.74 Å². The Bertz CT molecular complexity index is 606. The Hall–Kier alpha value is -1.20. The van der Waals surface area contributed by atoms with E-state index in [-0.39, 0.29) is 23.0 Å². The number of allylic oxidation sites excluding steroid dienone is 1. The van der Waals surface area contributed by atoms with E-state index < -0.39 is 11.6 Å². The van der Waals surface area contributed by atoms with Crippen LogP contribution in [0.15, 0.2) is 30.3 Å². The van der Waals surface area contributed by atoms with Gasteiger partial charge in [-0.05, 0) is 52.8 Å². The maximum atomic E-state index is 12.1. The van der Waals surface area contributed by atoms with E-state index in [1.54, 1.807) is 6.08 Å². The van der Waals surface area contributed by atoms with Crippen molar-refractivity contribution in [1.29, 1.82) is 0 Å². The second-order valence-electron chi connectivity index (χ2n) is 5.72. The fourth-order valence-corrected chi connectivity index (χ4v) is 3.17. The minimum atomic E-state index is -4.73. The molecule has 0 heterocycles. The van der Waals surface area contributed by atoms with Gasteiger partial charge >= 0.3 is 6.36 Å². The van der Waals surface area contributed by atoms with Crippen molar-refractivity contribution in [3.8, 4) is 5.75 Å². The van der Waals surface area contributed by atoms with Gasteiger partial charge in [-0.15, -0.1) is 13.2 Å². The number of hydrogen-bond acceptors (Lipinski definition) is 2. The van der Waals surface area contributed by atoms with Gasteiger partial charge in [-0.1, -0.05) is 31.5 Å². The van der Waals surface area contributed by atoms with Crippen LogP contribution in [-0.4, -0.2) is 11.6 Å². The largest absolute Gasteiger partial charge is 0.573 e. The molecule has 2 rings (SSSR count). The summed E-state index contributed by atoms with van der Waals surface area (Å²) in [5, 5.41) is -0.0540. The fraction of sp³-hybridized carbons (Fsp3) is 0.400. The molecule has 22 heavy (non-hydrogen) atoms. The molecule has 0 bridgehead atoms. The van der Waals surface area contributed by atoms with Crippen molar-refractivity contribution in [2.24, 2.45) is 17.3 Å². The highest BCUT2D eigenvalue weighted by Crippen LogP contribution is 2.60. The summed E-state index contributed by atoms with van der Waals surface area (Å²) in [5.74, 6) is -0.701. The topological polar surface area (TPSA) is 26.3 Å². The zero-order valence-corrected chi connectivity index (χ0v) is 13.3. The van der Waals surface area contributed by atoms with E-state index in [4.69, 9.17) is 23.2 Å². The molecule has 0 aromatic heterocycles. The lowest BCUT2D eigenvalue weighted by molar-refractivity contribution is -0.274. The van der Waals surface area contributed by atoms with Crippen molar-refractivity contribution in [2.75, 3.05) is 0 Å². The lowest BCUT2D eigenvalue weighted by Gasteiger charge is -2.09. The molecule has 1 saturated carbocycles. The molecule has 0 spiro atoms. The highest BCUT2D eigenvalue weighted by atomic mass is 35.5. The second-order valence-corrected chi connectivity index (χ2v) is 6.50. The van der Waals surface area contributed by atoms with Crippen LogP contribution in [0.5, 0.6) is 5.75 Å². The molecule has 2 atom stereocenters. The minimum absolute atomic E-state index is 0.0869. The Labute approximate surface area is 135 Å². The van der Waals surface area contributed by atoms with Gasteiger partial charge in [0.15, 0.2) is 0 Å². The highest BCUT2D eigenvalue weighted by Gasteiger charge is 2.60. The smallest absolute Gasteiger partial charge is 0.406 e. The average molecular weight is 353 g/mol. The number of benzene rings is 1. The normalized spacial score (nSPS) is 24.0. The number of hydrogen-bond donors (Lipinski definition) is 0. The van der Waals surface area contributed by atoms with Crippen LogP contribution in [0.3, 0.4) is 0 Å². The Balaban J connectivity index is 2.12. The summed E-state index contributed by atoms with van der Waals surface area (Å²) in [5.41, 5.74) is 0.276. The molecule has 1 aliphatic rings. The van der Waals surface area contributed by atoms with Gasteiger partial charge in [-0.3, -0.25) is 4.79 Å². The maximum absolute atomic E-state index is 12.1. The van der Waals surface area contributed by atoms with E-state index >= 15 is 0 Å². The van der Waals surface area contributed by atoms with Gasteiger partial charge in [0.25, 0.3) is 0 Å². The molecular weight excluding hydrogens is 340 g/mol. The first-order chi connectivity index (χ1) is 10.0. The van der Waals surface area contributed by atoms with Crippen LogP contribution in [0.2, 0.25) is 0 Å². The predicted octanol–water partition coefficient (Wildman–Crippen LogP) is 5.20. The number of ether oxygens (including phenoxy) is 1. The summed E-state index contributed by atoms with van der Waals surface area (Å²) < 4.78 is 40.0. The first-order valence-corrected chi connectivity index (χ1v) is 7.21. The van der Waals surface area contributed by atoms with Gasteiger partial charge in [-0.2, -0.15) is 0 Å². The van der Waals surface area contributed by atoms with Crippen molar-refractivity contribution in [3.63, 3.8) is 0 Å². The van der Waals surface area contributed by atoms with E-state index in [1.807, 2.05) is 13.8 Å². The van der Waals surface area contributed by atoms with Crippen molar-refractivity contribution in [1.82, 2.24) is 0 Å². The van der Waals surface area contributed by atoms with Crippen LogP contribution in [0.4, 0.5) is 13.2 Å². The van der Waals surface area contributed by atoms with Crippen LogP contribution in [0.1, 0.15) is 19.4 Å².